The zero-order valence-electron chi connectivity index (χ0n) is 14.5. The number of rotatable bonds is 3. The van der Waals surface area contributed by atoms with Gasteiger partial charge in [-0.05, 0) is 63.2 Å². The van der Waals surface area contributed by atoms with Gasteiger partial charge in [-0.1, -0.05) is 39.8 Å². The van der Waals surface area contributed by atoms with E-state index in [2.05, 4.69) is 41.9 Å². The molecule has 5 heteroatoms. The van der Waals surface area contributed by atoms with E-state index in [1.807, 2.05) is 26.0 Å². The van der Waals surface area contributed by atoms with Crippen LogP contribution in [0.5, 0.6) is 0 Å². The van der Waals surface area contributed by atoms with Crippen molar-refractivity contribution in [1.82, 2.24) is 0 Å². The number of aromatic carboxylic acids is 1. The third-order valence-corrected chi connectivity index (χ3v) is 4.35. The van der Waals surface area contributed by atoms with Crippen LogP contribution in [0.2, 0.25) is 0 Å². The van der Waals surface area contributed by atoms with Gasteiger partial charge in [-0.15, -0.1) is 0 Å². The number of benzene rings is 2. The van der Waals surface area contributed by atoms with Crippen LogP contribution in [0.15, 0.2) is 40.9 Å². The highest BCUT2D eigenvalue weighted by Gasteiger charge is 2.09. The standard InChI is InChI=1S/C10H13NO2.C9H12BrN/c1-6(2)7-3-4-9(11)8(5-7)10(12)13;1-6(2)7-3-4-9(11)8(10)5-7/h3-6H,11H2,1-2H3,(H,12,13);3-6H,11H2,1-2H3. The summed E-state index contributed by atoms with van der Waals surface area (Å²) in [6.07, 6.45) is 0. The molecule has 130 valence electrons. The minimum atomic E-state index is -0.972. The number of nitrogens with two attached hydrogens (primary N) is 2. The summed E-state index contributed by atoms with van der Waals surface area (Å²) in [5.74, 6) is -0.0920. The van der Waals surface area contributed by atoms with Gasteiger partial charge < -0.3 is 16.6 Å². The van der Waals surface area contributed by atoms with Crippen molar-refractivity contribution >= 4 is 33.3 Å². The minimum absolute atomic E-state index is 0.186. The lowest BCUT2D eigenvalue weighted by molar-refractivity contribution is 0.0698. The molecule has 0 radical (unpaired) electrons. The monoisotopic (exact) mass is 392 g/mol. The number of carboxylic acids is 1. The normalized spacial score (nSPS) is 10.5. The van der Waals surface area contributed by atoms with E-state index in [4.69, 9.17) is 16.6 Å². The van der Waals surface area contributed by atoms with Gasteiger partial charge in [-0.25, -0.2) is 4.79 Å². The molecule has 5 N–H and O–H groups in total. The SMILES string of the molecule is CC(C)c1ccc(N)c(Br)c1.CC(C)c1ccc(N)c(C(=O)O)c1. The van der Waals surface area contributed by atoms with Crippen LogP contribution < -0.4 is 11.5 Å². The smallest absolute Gasteiger partial charge is 0.337 e. The maximum Gasteiger partial charge on any atom is 0.337 e. The average Bonchev–Trinajstić information content (AvgIpc) is 2.50. The Bertz CT molecular complexity index is 713. The molecule has 0 aromatic heterocycles. The molecule has 0 saturated heterocycles. The van der Waals surface area contributed by atoms with Gasteiger partial charge >= 0.3 is 5.97 Å². The summed E-state index contributed by atoms with van der Waals surface area (Å²) in [6, 6.07) is 11.2. The van der Waals surface area contributed by atoms with Crippen LogP contribution in [0.25, 0.3) is 0 Å². The van der Waals surface area contributed by atoms with Crippen LogP contribution in [-0.4, -0.2) is 11.1 Å². The molecule has 0 bridgehead atoms. The molecule has 2 aromatic carbocycles. The van der Waals surface area contributed by atoms with Crippen molar-refractivity contribution in [3.05, 3.63) is 57.6 Å². The second kappa shape index (κ2) is 8.73. The number of carboxylic acid groups (broad SMARTS) is 1. The van der Waals surface area contributed by atoms with E-state index in [0.717, 1.165) is 15.7 Å². The molecule has 0 atom stereocenters. The van der Waals surface area contributed by atoms with E-state index in [1.165, 1.54) is 5.56 Å². The van der Waals surface area contributed by atoms with Crippen molar-refractivity contribution in [1.29, 1.82) is 0 Å². The highest BCUT2D eigenvalue weighted by molar-refractivity contribution is 9.10. The Kier molecular flexibility index (Phi) is 7.29. The number of nitrogen functional groups attached to an aromatic ring is 2. The summed E-state index contributed by atoms with van der Waals surface area (Å²) >= 11 is 3.39. The Morgan fingerprint density at radius 1 is 0.917 bits per heavy atom. The Morgan fingerprint density at radius 3 is 1.79 bits per heavy atom. The van der Waals surface area contributed by atoms with Crippen molar-refractivity contribution in [3.63, 3.8) is 0 Å². The molecule has 0 aliphatic carbocycles. The molecular weight excluding hydrogens is 368 g/mol. The van der Waals surface area contributed by atoms with Gasteiger partial charge in [0, 0.05) is 15.8 Å². The molecule has 0 saturated carbocycles. The van der Waals surface area contributed by atoms with Crippen molar-refractivity contribution in [3.8, 4) is 0 Å². The number of anilines is 2. The molecule has 0 heterocycles. The lowest BCUT2D eigenvalue weighted by Gasteiger charge is -2.07. The van der Waals surface area contributed by atoms with Crippen molar-refractivity contribution in [2.24, 2.45) is 0 Å². The number of hydrogen-bond donors (Lipinski definition) is 3. The summed E-state index contributed by atoms with van der Waals surface area (Å²) in [5, 5.41) is 8.79. The Labute approximate surface area is 152 Å². The molecule has 0 aliphatic heterocycles. The Balaban J connectivity index is 0.000000243. The zero-order valence-corrected chi connectivity index (χ0v) is 16.1. The van der Waals surface area contributed by atoms with Gasteiger partial charge in [0.25, 0.3) is 0 Å². The van der Waals surface area contributed by atoms with Crippen LogP contribution in [0, 0.1) is 0 Å². The fourth-order valence-corrected chi connectivity index (χ4v) is 2.42. The second-order valence-corrected chi connectivity index (χ2v) is 7.10. The van der Waals surface area contributed by atoms with Gasteiger partial charge in [0.05, 0.1) is 5.56 Å². The topological polar surface area (TPSA) is 89.3 Å². The second-order valence-electron chi connectivity index (χ2n) is 6.24. The van der Waals surface area contributed by atoms with Crippen LogP contribution in [0.4, 0.5) is 11.4 Å². The Morgan fingerprint density at radius 2 is 1.38 bits per heavy atom. The average molecular weight is 393 g/mol. The third-order valence-electron chi connectivity index (χ3n) is 3.67. The maximum atomic E-state index is 10.7. The predicted molar refractivity (Wildman–Crippen MR) is 105 cm³/mol. The molecule has 0 amide bonds. The fraction of sp³-hybridized carbons (Fsp3) is 0.316. The minimum Gasteiger partial charge on any atom is -0.478 e. The zero-order chi connectivity index (χ0) is 18.4. The molecule has 0 spiro atoms. The molecule has 4 nitrogen and oxygen atoms in total. The lowest BCUT2D eigenvalue weighted by Crippen LogP contribution is -2.03. The summed E-state index contributed by atoms with van der Waals surface area (Å²) < 4.78 is 0.990. The molecule has 2 aromatic rings. The molecular formula is C19H25BrN2O2. The highest BCUT2D eigenvalue weighted by Crippen LogP contribution is 2.24. The highest BCUT2D eigenvalue weighted by atomic mass is 79.9. The van der Waals surface area contributed by atoms with Crippen molar-refractivity contribution in [2.75, 3.05) is 11.5 Å². The van der Waals surface area contributed by atoms with Crippen LogP contribution in [-0.2, 0) is 0 Å². The molecule has 0 unspecified atom stereocenters. The first-order valence-electron chi connectivity index (χ1n) is 7.81. The predicted octanol–water partition coefficient (Wildman–Crippen LogP) is 5.25. The fourth-order valence-electron chi connectivity index (χ4n) is 2.02. The van der Waals surface area contributed by atoms with Crippen LogP contribution in [0.3, 0.4) is 0 Å². The summed E-state index contributed by atoms with van der Waals surface area (Å²) in [7, 11) is 0. The van der Waals surface area contributed by atoms with E-state index in [1.54, 1.807) is 12.1 Å². The number of carbonyl (C=O) groups is 1. The van der Waals surface area contributed by atoms with Crippen LogP contribution in [0.1, 0.15) is 61.0 Å². The quantitative estimate of drug-likeness (QED) is 0.622. The molecule has 2 rings (SSSR count). The van der Waals surface area contributed by atoms with E-state index in [0.29, 0.717) is 17.5 Å². The van der Waals surface area contributed by atoms with Gasteiger partial charge in [0.1, 0.15) is 0 Å². The molecule has 0 aliphatic rings. The van der Waals surface area contributed by atoms with E-state index in [9.17, 15) is 4.79 Å². The third kappa shape index (κ3) is 5.57. The molecule has 0 fully saturated rings. The Hall–Kier alpha value is -2.01. The lowest BCUT2D eigenvalue weighted by atomic mass is 10.00. The van der Waals surface area contributed by atoms with Gasteiger partial charge in [-0.2, -0.15) is 0 Å². The summed E-state index contributed by atoms with van der Waals surface area (Å²) in [4.78, 5) is 10.7. The first-order valence-corrected chi connectivity index (χ1v) is 8.60. The van der Waals surface area contributed by atoms with Gasteiger partial charge in [-0.3, -0.25) is 0 Å². The van der Waals surface area contributed by atoms with Gasteiger partial charge in [0.2, 0.25) is 0 Å². The number of hydrogen-bond acceptors (Lipinski definition) is 3. The molecule has 24 heavy (non-hydrogen) atoms. The van der Waals surface area contributed by atoms with Gasteiger partial charge in [0.15, 0.2) is 0 Å². The maximum absolute atomic E-state index is 10.7. The van der Waals surface area contributed by atoms with Crippen molar-refractivity contribution < 1.29 is 9.90 Å². The van der Waals surface area contributed by atoms with Crippen LogP contribution >= 0.6 is 15.9 Å². The van der Waals surface area contributed by atoms with E-state index in [-0.39, 0.29) is 5.56 Å². The largest absolute Gasteiger partial charge is 0.478 e. The van der Waals surface area contributed by atoms with Crippen molar-refractivity contribution in [2.45, 2.75) is 39.5 Å². The number of halogens is 1. The summed E-state index contributed by atoms with van der Waals surface area (Å²) in [5.41, 5.74) is 14.8. The first-order chi connectivity index (χ1) is 11.1. The van der Waals surface area contributed by atoms with E-state index >= 15 is 0 Å². The van der Waals surface area contributed by atoms with E-state index < -0.39 is 5.97 Å². The summed E-state index contributed by atoms with van der Waals surface area (Å²) in [6.45, 7) is 8.35. The first kappa shape index (κ1) is 20.0.